The monoisotopic (exact) mass is 241 g/mol. The molecule has 1 fully saturated rings. The molecule has 3 heteroatoms. The van der Waals surface area contributed by atoms with E-state index in [1.807, 2.05) is 12.1 Å². The Kier molecular flexibility index (Phi) is 2.08. The minimum absolute atomic E-state index is 0.0434. The van der Waals surface area contributed by atoms with E-state index in [1.165, 1.54) is 0 Å². The number of hydrogen-bond donors (Lipinski definition) is 2. The number of nitrogens with two attached hydrogens (primary N) is 1. The van der Waals surface area contributed by atoms with Gasteiger partial charge < -0.3 is 10.8 Å². The van der Waals surface area contributed by atoms with E-state index in [1.54, 1.807) is 6.07 Å². The van der Waals surface area contributed by atoms with Crippen molar-refractivity contribution in [1.82, 2.24) is 0 Å². The van der Waals surface area contributed by atoms with Crippen LogP contribution in [0.3, 0.4) is 0 Å². The smallest absolute Gasteiger partial charge is 0.118 e. The predicted molar refractivity (Wildman–Crippen MR) is 55.7 cm³/mol. The number of aromatic hydroxyl groups is 1. The Morgan fingerprint density at radius 1 is 1.46 bits per heavy atom. The standard InChI is InChI=1S/C10H12BrNO/c11-8-1-2-9(13)7(5-8)6-10(12)3-4-10/h1-2,5,13H,3-4,6,12H2. The molecule has 3 N–H and O–H groups in total. The highest BCUT2D eigenvalue weighted by atomic mass is 79.9. The number of rotatable bonds is 2. The molecule has 0 aromatic heterocycles. The highest BCUT2D eigenvalue weighted by Crippen LogP contribution is 2.38. The van der Waals surface area contributed by atoms with Crippen LogP contribution in [0.15, 0.2) is 22.7 Å². The van der Waals surface area contributed by atoms with Crippen LogP contribution in [0, 0.1) is 0 Å². The van der Waals surface area contributed by atoms with Crippen LogP contribution in [-0.2, 0) is 6.42 Å². The van der Waals surface area contributed by atoms with Crippen molar-refractivity contribution in [2.45, 2.75) is 24.8 Å². The summed E-state index contributed by atoms with van der Waals surface area (Å²) in [6.07, 6.45) is 2.91. The first-order valence-electron chi connectivity index (χ1n) is 4.35. The summed E-state index contributed by atoms with van der Waals surface area (Å²) in [6.45, 7) is 0. The Bertz CT molecular complexity index is 334. The van der Waals surface area contributed by atoms with Gasteiger partial charge in [0, 0.05) is 10.0 Å². The minimum Gasteiger partial charge on any atom is -0.508 e. The molecule has 70 valence electrons. The molecular weight excluding hydrogens is 230 g/mol. The van der Waals surface area contributed by atoms with E-state index in [-0.39, 0.29) is 5.54 Å². The molecule has 2 nitrogen and oxygen atoms in total. The van der Waals surface area contributed by atoms with E-state index in [2.05, 4.69) is 15.9 Å². The Balaban J connectivity index is 2.23. The number of halogens is 1. The topological polar surface area (TPSA) is 46.2 Å². The molecule has 1 aromatic carbocycles. The van der Waals surface area contributed by atoms with E-state index in [0.717, 1.165) is 29.3 Å². The third kappa shape index (κ3) is 2.03. The molecule has 13 heavy (non-hydrogen) atoms. The number of phenols is 1. The van der Waals surface area contributed by atoms with E-state index < -0.39 is 0 Å². The van der Waals surface area contributed by atoms with Crippen molar-refractivity contribution in [3.05, 3.63) is 28.2 Å². The molecule has 0 aliphatic heterocycles. The summed E-state index contributed by atoms with van der Waals surface area (Å²) in [6, 6.07) is 5.46. The number of phenolic OH excluding ortho intramolecular Hbond substituents is 1. The Morgan fingerprint density at radius 3 is 2.77 bits per heavy atom. The molecule has 0 saturated heterocycles. The van der Waals surface area contributed by atoms with Crippen LogP contribution in [0.1, 0.15) is 18.4 Å². The second-order valence-corrected chi connectivity index (χ2v) is 4.73. The zero-order valence-corrected chi connectivity index (χ0v) is 8.84. The van der Waals surface area contributed by atoms with Gasteiger partial charge in [0.25, 0.3) is 0 Å². The van der Waals surface area contributed by atoms with Crippen LogP contribution in [0.2, 0.25) is 0 Å². The van der Waals surface area contributed by atoms with Gasteiger partial charge in [-0.25, -0.2) is 0 Å². The Morgan fingerprint density at radius 2 is 2.15 bits per heavy atom. The maximum absolute atomic E-state index is 9.55. The van der Waals surface area contributed by atoms with Gasteiger partial charge in [-0.1, -0.05) is 15.9 Å². The molecule has 0 spiro atoms. The second kappa shape index (κ2) is 3.00. The summed E-state index contributed by atoms with van der Waals surface area (Å²) < 4.78 is 0.990. The van der Waals surface area contributed by atoms with Crippen LogP contribution in [-0.4, -0.2) is 10.6 Å². The number of benzene rings is 1. The molecule has 2 rings (SSSR count). The normalized spacial score (nSPS) is 18.6. The molecule has 0 radical (unpaired) electrons. The lowest BCUT2D eigenvalue weighted by molar-refractivity contribution is 0.463. The maximum atomic E-state index is 9.55. The first-order chi connectivity index (χ1) is 6.09. The molecule has 0 atom stereocenters. The van der Waals surface area contributed by atoms with Crippen molar-refractivity contribution in [3.63, 3.8) is 0 Å². The molecule has 1 saturated carbocycles. The van der Waals surface area contributed by atoms with Crippen molar-refractivity contribution in [1.29, 1.82) is 0 Å². The van der Waals surface area contributed by atoms with Gasteiger partial charge in [0.05, 0.1) is 0 Å². The molecule has 1 aliphatic rings. The highest BCUT2D eigenvalue weighted by Gasteiger charge is 2.38. The maximum Gasteiger partial charge on any atom is 0.118 e. The summed E-state index contributed by atoms with van der Waals surface area (Å²) in [7, 11) is 0. The fraction of sp³-hybridized carbons (Fsp3) is 0.400. The average Bonchev–Trinajstić information content (AvgIpc) is 2.76. The van der Waals surface area contributed by atoms with Gasteiger partial charge in [-0.3, -0.25) is 0 Å². The van der Waals surface area contributed by atoms with Gasteiger partial charge >= 0.3 is 0 Å². The highest BCUT2D eigenvalue weighted by molar-refractivity contribution is 9.10. The van der Waals surface area contributed by atoms with Gasteiger partial charge in [0.15, 0.2) is 0 Å². The molecule has 0 unspecified atom stereocenters. The van der Waals surface area contributed by atoms with Crippen LogP contribution in [0.5, 0.6) is 5.75 Å². The van der Waals surface area contributed by atoms with Crippen molar-refractivity contribution in [2.24, 2.45) is 5.73 Å². The lowest BCUT2D eigenvalue weighted by Crippen LogP contribution is -2.24. The third-order valence-electron chi connectivity index (χ3n) is 2.48. The quantitative estimate of drug-likeness (QED) is 0.834. The van der Waals surface area contributed by atoms with E-state index in [9.17, 15) is 5.11 Å². The molecule has 0 bridgehead atoms. The lowest BCUT2D eigenvalue weighted by atomic mass is 10.0. The van der Waals surface area contributed by atoms with Crippen molar-refractivity contribution in [3.8, 4) is 5.75 Å². The van der Waals surface area contributed by atoms with Crippen molar-refractivity contribution in [2.75, 3.05) is 0 Å². The van der Waals surface area contributed by atoms with E-state index in [4.69, 9.17) is 5.73 Å². The summed E-state index contributed by atoms with van der Waals surface area (Å²) in [5.74, 6) is 0.347. The SMILES string of the molecule is NC1(Cc2cc(Br)ccc2O)CC1. The van der Waals surface area contributed by atoms with Crippen LogP contribution in [0.4, 0.5) is 0 Å². The van der Waals surface area contributed by atoms with Gasteiger partial charge in [-0.15, -0.1) is 0 Å². The molecule has 1 aromatic rings. The van der Waals surface area contributed by atoms with Gasteiger partial charge in [-0.05, 0) is 43.0 Å². The van der Waals surface area contributed by atoms with Gasteiger partial charge in [-0.2, -0.15) is 0 Å². The lowest BCUT2D eigenvalue weighted by Gasteiger charge is -2.10. The molecule has 1 aliphatic carbocycles. The van der Waals surface area contributed by atoms with Crippen LogP contribution < -0.4 is 5.73 Å². The Hall–Kier alpha value is -0.540. The van der Waals surface area contributed by atoms with E-state index >= 15 is 0 Å². The fourth-order valence-corrected chi connectivity index (χ4v) is 1.82. The van der Waals surface area contributed by atoms with Crippen LogP contribution >= 0.6 is 15.9 Å². The third-order valence-corrected chi connectivity index (χ3v) is 2.97. The van der Waals surface area contributed by atoms with E-state index in [0.29, 0.717) is 5.75 Å². The van der Waals surface area contributed by atoms with Crippen molar-refractivity contribution >= 4 is 15.9 Å². The first kappa shape index (κ1) is 9.03. The summed E-state index contributed by atoms with van der Waals surface area (Å²) in [4.78, 5) is 0. The minimum atomic E-state index is -0.0434. The van der Waals surface area contributed by atoms with Gasteiger partial charge in [0.2, 0.25) is 0 Å². The summed E-state index contributed by atoms with van der Waals surface area (Å²) in [5.41, 5.74) is 6.87. The zero-order chi connectivity index (χ0) is 9.47. The Labute approximate surface area is 85.9 Å². The molecule has 0 amide bonds. The number of hydrogen-bond acceptors (Lipinski definition) is 2. The second-order valence-electron chi connectivity index (χ2n) is 3.81. The molecule has 0 heterocycles. The fourth-order valence-electron chi connectivity index (χ4n) is 1.41. The first-order valence-corrected chi connectivity index (χ1v) is 5.15. The largest absolute Gasteiger partial charge is 0.508 e. The summed E-state index contributed by atoms with van der Waals surface area (Å²) in [5, 5.41) is 9.55. The molecular formula is C10H12BrNO. The average molecular weight is 242 g/mol. The van der Waals surface area contributed by atoms with Gasteiger partial charge in [0.1, 0.15) is 5.75 Å². The zero-order valence-electron chi connectivity index (χ0n) is 7.26. The predicted octanol–water partition coefficient (Wildman–Crippen LogP) is 2.19. The van der Waals surface area contributed by atoms with Crippen molar-refractivity contribution < 1.29 is 5.11 Å². The van der Waals surface area contributed by atoms with Crippen LogP contribution in [0.25, 0.3) is 0 Å². The summed E-state index contributed by atoms with van der Waals surface area (Å²) >= 11 is 3.37.